The van der Waals surface area contributed by atoms with Crippen LogP contribution in [0.1, 0.15) is 38.3 Å². The zero-order valence-electron chi connectivity index (χ0n) is 12.9. The molecule has 0 saturated heterocycles. The van der Waals surface area contributed by atoms with E-state index >= 15 is 0 Å². The molecule has 0 spiro atoms. The van der Waals surface area contributed by atoms with Gasteiger partial charge < -0.3 is 0 Å². The first-order chi connectivity index (χ1) is 9.40. The van der Waals surface area contributed by atoms with Gasteiger partial charge in [-0.1, -0.05) is 17.7 Å². The fourth-order valence-electron chi connectivity index (χ4n) is 2.78. The average molecular weight is 268 g/mol. The second kappa shape index (κ2) is 5.58. The summed E-state index contributed by atoms with van der Waals surface area (Å²) in [6, 6.07) is 8.21. The van der Waals surface area contributed by atoms with Gasteiger partial charge in [-0.25, -0.2) is 0 Å². The number of ketones is 1. The maximum atomic E-state index is 12.6. The van der Waals surface area contributed by atoms with Crippen molar-refractivity contribution in [3.05, 3.63) is 64.0 Å². The Bertz CT molecular complexity index is 648. The first-order valence-electron chi connectivity index (χ1n) is 6.97. The molecule has 0 unspecified atom stereocenters. The normalized spacial score (nSPS) is 10.7. The number of Topliss-reactive ketones (excluding diaryl/α,β-unsaturated/α-hetero) is 1. The Hall–Kier alpha value is -1.96. The smallest absolute Gasteiger partial charge is 0.228 e. The van der Waals surface area contributed by atoms with E-state index < -0.39 is 0 Å². The first-order valence-corrected chi connectivity index (χ1v) is 6.97. The Morgan fingerprint density at radius 1 is 1.00 bits per heavy atom. The lowest BCUT2D eigenvalue weighted by atomic mass is 9.96. The number of pyridine rings is 1. The molecule has 0 bridgehead atoms. The minimum absolute atomic E-state index is 0.179. The van der Waals surface area contributed by atoms with Crippen LogP contribution in [-0.2, 0) is 6.54 Å². The van der Waals surface area contributed by atoms with E-state index in [-0.39, 0.29) is 5.78 Å². The van der Waals surface area contributed by atoms with Gasteiger partial charge in [-0.05, 0) is 44.9 Å². The van der Waals surface area contributed by atoms with Gasteiger partial charge in [0.1, 0.15) is 0 Å². The summed E-state index contributed by atoms with van der Waals surface area (Å²) >= 11 is 0. The highest BCUT2D eigenvalue weighted by Gasteiger charge is 2.19. The summed E-state index contributed by atoms with van der Waals surface area (Å²) in [6.07, 6.45) is 1.97. The Balaban J connectivity index is 2.36. The van der Waals surface area contributed by atoms with Gasteiger partial charge >= 0.3 is 0 Å². The van der Waals surface area contributed by atoms with Crippen LogP contribution < -0.4 is 4.57 Å². The Morgan fingerprint density at radius 3 is 2.20 bits per heavy atom. The van der Waals surface area contributed by atoms with Crippen molar-refractivity contribution in [3.8, 4) is 0 Å². The number of nitrogens with zero attached hydrogens (tertiary/aromatic N) is 1. The molecule has 0 aliphatic rings. The van der Waals surface area contributed by atoms with Crippen LogP contribution in [0.4, 0.5) is 0 Å². The molecule has 104 valence electrons. The SMILES string of the molecule is Cc1cc(C)c(C(=O)C[n+]2cccc(C)c2C)c(C)c1. The number of carbonyl (C=O) groups excluding carboxylic acids is 1. The van der Waals surface area contributed by atoms with Gasteiger partial charge in [-0.15, -0.1) is 0 Å². The molecule has 0 aliphatic heterocycles. The Morgan fingerprint density at radius 2 is 1.60 bits per heavy atom. The Kier molecular flexibility index (Phi) is 4.03. The number of benzene rings is 1. The van der Waals surface area contributed by atoms with Gasteiger partial charge in [0.05, 0.1) is 0 Å². The van der Waals surface area contributed by atoms with E-state index in [0.29, 0.717) is 6.54 Å². The standard InChI is InChI=1S/C18H22NO/c1-12-9-14(3)18(15(4)10-12)17(20)11-19-8-6-7-13(2)16(19)5/h6-10H,11H2,1-5H3/q+1. The number of hydrogen-bond acceptors (Lipinski definition) is 1. The molecule has 20 heavy (non-hydrogen) atoms. The lowest BCUT2D eigenvalue weighted by Gasteiger charge is -2.09. The average Bonchev–Trinajstić information content (AvgIpc) is 2.33. The second-order valence-electron chi connectivity index (χ2n) is 5.60. The van der Waals surface area contributed by atoms with E-state index in [1.807, 2.05) is 30.7 Å². The van der Waals surface area contributed by atoms with Crippen LogP contribution >= 0.6 is 0 Å². The quantitative estimate of drug-likeness (QED) is 0.617. The van der Waals surface area contributed by atoms with E-state index in [4.69, 9.17) is 0 Å². The second-order valence-corrected chi connectivity index (χ2v) is 5.60. The molecule has 1 heterocycles. The molecule has 0 fully saturated rings. The minimum Gasteiger partial charge on any atom is -0.287 e. The van der Waals surface area contributed by atoms with E-state index in [0.717, 1.165) is 22.4 Å². The van der Waals surface area contributed by atoms with Gasteiger partial charge in [0.2, 0.25) is 12.3 Å². The highest BCUT2D eigenvalue weighted by Crippen LogP contribution is 2.17. The monoisotopic (exact) mass is 268 g/mol. The fourth-order valence-corrected chi connectivity index (χ4v) is 2.78. The van der Waals surface area contributed by atoms with Gasteiger partial charge in [-0.2, -0.15) is 4.57 Å². The van der Waals surface area contributed by atoms with Gasteiger partial charge in [0.25, 0.3) is 0 Å². The molecule has 0 saturated carbocycles. The number of hydrogen-bond donors (Lipinski definition) is 0. The third-order valence-electron chi connectivity index (χ3n) is 3.88. The summed E-state index contributed by atoms with van der Waals surface area (Å²) < 4.78 is 2.02. The predicted octanol–water partition coefficient (Wildman–Crippen LogP) is 3.40. The molecule has 2 heteroatoms. The zero-order chi connectivity index (χ0) is 14.9. The fraction of sp³-hybridized carbons (Fsp3) is 0.333. The van der Waals surface area contributed by atoms with Crippen molar-refractivity contribution in [2.75, 3.05) is 0 Å². The highest BCUT2D eigenvalue weighted by atomic mass is 16.1. The van der Waals surface area contributed by atoms with E-state index in [1.54, 1.807) is 0 Å². The van der Waals surface area contributed by atoms with Crippen LogP contribution in [0, 0.1) is 34.6 Å². The van der Waals surface area contributed by atoms with Crippen molar-refractivity contribution in [2.45, 2.75) is 41.2 Å². The van der Waals surface area contributed by atoms with Crippen LogP contribution in [0.3, 0.4) is 0 Å². The minimum atomic E-state index is 0.179. The lowest BCUT2D eigenvalue weighted by Crippen LogP contribution is -2.41. The first kappa shape index (κ1) is 14.4. The summed E-state index contributed by atoms with van der Waals surface area (Å²) in [7, 11) is 0. The van der Waals surface area contributed by atoms with Crippen molar-refractivity contribution in [2.24, 2.45) is 0 Å². The Labute approximate surface area is 121 Å². The number of rotatable bonds is 3. The lowest BCUT2D eigenvalue weighted by molar-refractivity contribution is -0.689. The maximum Gasteiger partial charge on any atom is 0.228 e. The summed E-state index contributed by atoms with van der Waals surface area (Å²) in [5, 5.41) is 0. The molecule has 0 atom stereocenters. The molecule has 0 N–H and O–H groups in total. The maximum absolute atomic E-state index is 12.6. The predicted molar refractivity (Wildman–Crippen MR) is 81.1 cm³/mol. The number of carbonyl (C=O) groups is 1. The van der Waals surface area contributed by atoms with Crippen molar-refractivity contribution in [3.63, 3.8) is 0 Å². The third-order valence-corrected chi connectivity index (χ3v) is 3.88. The number of aromatic nitrogens is 1. The van der Waals surface area contributed by atoms with Crippen LogP contribution in [0.5, 0.6) is 0 Å². The van der Waals surface area contributed by atoms with Gasteiger partial charge in [-0.3, -0.25) is 4.79 Å². The molecule has 0 radical (unpaired) electrons. The van der Waals surface area contributed by atoms with Crippen molar-refractivity contribution in [1.29, 1.82) is 0 Å². The van der Waals surface area contributed by atoms with Crippen LogP contribution in [-0.4, -0.2) is 5.78 Å². The summed E-state index contributed by atoms with van der Waals surface area (Å²) in [5.74, 6) is 0.179. The summed E-state index contributed by atoms with van der Waals surface area (Å²) in [5.41, 5.74) is 6.55. The van der Waals surface area contributed by atoms with E-state index in [2.05, 4.69) is 39.0 Å². The number of aryl methyl sites for hydroxylation is 4. The van der Waals surface area contributed by atoms with Gasteiger partial charge in [0, 0.05) is 24.1 Å². The van der Waals surface area contributed by atoms with Crippen molar-refractivity contribution in [1.82, 2.24) is 0 Å². The molecule has 2 rings (SSSR count). The zero-order valence-corrected chi connectivity index (χ0v) is 12.9. The molecular weight excluding hydrogens is 246 g/mol. The molecule has 2 nitrogen and oxygen atoms in total. The highest BCUT2D eigenvalue weighted by molar-refractivity contribution is 5.98. The van der Waals surface area contributed by atoms with Crippen LogP contribution in [0.15, 0.2) is 30.5 Å². The van der Waals surface area contributed by atoms with Crippen LogP contribution in [0.25, 0.3) is 0 Å². The van der Waals surface area contributed by atoms with Crippen molar-refractivity contribution >= 4 is 5.78 Å². The van der Waals surface area contributed by atoms with E-state index in [1.165, 1.54) is 11.1 Å². The molecule has 1 aromatic heterocycles. The molecular formula is C18H22NO+. The topological polar surface area (TPSA) is 20.9 Å². The van der Waals surface area contributed by atoms with Crippen molar-refractivity contribution < 1.29 is 9.36 Å². The van der Waals surface area contributed by atoms with Gasteiger partial charge in [0.15, 0.2) is 11.9 Å². The summed E-state index contributed by atoms with van der Waals surface area (Å²) in [4.78, 5) is 12.6. The largest absolute Gasteiger partial charge is 0.287 e. The molecule has 0 aliphatic carbocycles. The van der Waals surface area contributed by atoms with Crippen LogP contribution in [0.2, 0.25) is 0 Å². The molecule has 0 amide bonds. The molecule has 2 aromatic rings. The summed E-state index contributed by atoms with van der Waals surface area (Å²) in [6.45, 7) is 10.6. The third kappa shape index (κ3) is 2.79. The molecule has 1 aromatic carbocycles. The van der Waals surface area contributed by atoms with E-state index in [9.17, 15) is 4.79 Å².